The van der Waals surface area contributed by atoms with Gasteiger partial charge in [-0.25, -0.2) is 4.39 Å². The van der Waals surface area contributed by atoms with E-state index in [4.69, 9.17) is 18.0 Å². The first kappa shape index (κ1) is 13.5. The van der Waals surface area contributed by atoms with Crippen LogP contribution >= 0.6 is 12.2 Å². The average Bonchev–Trinajstić information content (AvgIpc) is 2.75. The summed E-state index contributed by atoms with van der Waals surface area (Å²) >= 11 is 4.75. The van der Waals surface area contributed by atoms with E-state index in [1.54, 1.807) is 18.3 Å². The van der Waals surface area contributed by atoms with Crippen molar-refractivity contribution in [1.29, 1.82) is 0 Å². The van der Waals surface area contributed by atoms with Crippen LogP contribution in [0, 0.1) is 12.7 Å². The smallest absolute Gasteiger partial charge is 0.135 e. The molecule has 0 saturated carbocycles. The number of nitrogens with two attached hydrogens (primary N) is 1. The molecule has 0 aliphatic carbocycles. The molecule has 0 unspecified atom stereocenters. The number of nitrogens with one attached hydrogen (secondary N) is 1. The molecular formula is C13H15FN4S. The zero-order chi connectivity index (χ0) is 13.8. The highest BCUT2D eigenvalue weighted by Gasteiger charge is 2.05. The van der Waals surface area contributed by atoms with Crippen molar-refractivity contribution in [3.63, 3.8) is 0 Å². The Kier molecular flexibility index (Phi) is 4.11. The molecular weight excluding hydrogens is 263 g/mol. The van der Waals surface area contributed by atoms with Gasteiger partial charge in [0.05, 0.1) is 12.7 Å². The van der Waals surface area contributed by atoms with Crippen LogP contribution in [0.15, 0.2) is 30.6 Å². The molecule has 0 amide bonds. The van der Waals surface area contributed by atoms with E-state index >= 15 is 0 Å². The van der Waals surface area contributed by atoms with E-state index < -0.39 is 5.82 Å². The van der Waals surface area contributed by atoms with Gasteiger partial charge in [-0.15, -0.1) is 0 Å². The molecule has 1 aromatic carbocycles. The topological polar surface area (TPSA) is 55.9 Å². The lowest BCUT2D eigenvalue weighted by atomic mass is 10.2. The van der Waals surface area contributed by atoms with Gasteiger partial charge in [-0.2, -0.15) is 5.10 Å². The largest absolute Gasteiger partial charge is 0.389 e. The first-order valence-corrected chi connectivity index (χ1v) is 6.29. The number of aromatic nitrogens is 2. The summed E-state index contributed by atoms with van der Waals surface area (Å²) in [5, 5.41) is 7.30. The summed E-state index contributed by atoms with van der Waals surface area (Å²) in [6.07, 6.45) is 3.76. The molecule has 0 aliphatic heterocycles. The highest BCUT2D eigenvalue weighted by atomic mass is 32.1. The molecule has 19 heavy (non-hydrogen) atoms. The maximum atomic E-state index is 13.6. The zero-order valence-corrected chi connectivity index (χ0v) is 11.4. The van der Waals surface area contributed by atoms with Gasteiger partial charge in [-0.05, 0) is 30.7 Å². The zero-order valence-electron chi connectivity index (χ0n) is 10.6. The summed E-state index contributed by atoms with van der Waals surface area (Å²) in [7, 11) is 0. The highest BCUT2D eigenvalue weighted by molar-refractivity contribution is 7.80. The quantitative estimate of drug-likeness (QED) is 0.822. The van der Waals surface area contributed by atoms with E-state index in [0.717, 1.165) is 5.56 Å². The number of thiocarbonyl (C=S) groups is 1. The third-order valence-corrected chi connectivity index (χ3v) is 2.89. The van der Waals surface area contributed by atoms with Crippen LogP contribution < -0.4 is 11.1 Å². The van der Waals surface area contributed by atoms with E-state index in [1.807, 2.05) is 17.8 Å². The summed E-state index contributed by atoms with van der Waals surface area (Å²) in [5.74, 6) is -0.410. The molecule has 0 atom stereocenters. The lowest BCUT2D eigenvalue weighted by Gasteiger charge is -2.08. The van der Waals surface area contributed by atoms with Gasteiger partial charge in [-0.1, -0.05) is 12.2 Å². The summed E-state index contributed by atoms with van der Waals surface area (Å²) in [5.41, 5.74) is 7.48. The van der Waals surface area contributed by atoms with Gasteiger partial charge < -0.3 is 11.1 Å². The third kappa shape index (κ3) is 3.51. The summed E-state index contributed by atoms with van der Waals surface area (Å²) in [6.45, 7) is 3.36. The minimum absolute atomic E-state index is 0.0658. The predicted molar refractivity (Wildman–Crippen MR) is 77.7 cm³/mol. The van der Waals surface area contributed by atoms with Crippen molar-refractivity contribution < 1.29 is 4.39 Å². The van der Waals surface area contributed by atoms with Gasteiger partial charge in [0.1, 0.15) is 10.8 Å². The second-order valence-corrected chi connectivity index (χ2v) is 4.71. The summed E-state index contributed by atoms with van der Waals surface area (Å²) < 4.78 is 15.5. The molecule has 0 radical (unpaired) electrons. The van der Waals surface area contributed by atoms with Gasteiger partial charge in [0.15, 0.2) is 0 Å². The lowest BCUT2D eigenvalue weighted by Crippen LogP contribution is -2.13. The number of halogens is 1. The highest BCUT2D eigenvalue weighted by Crippen LogP contribution is 2.14. The molecule has 0 saturated heterocycles. The van der Waals surface area contributed by atoms with Gasteiger partial charge in [0, 0.05) is 24.0 Å². The number of benzene rings is 1. The van der Waals surface area contributed by atoms with Crippen LogP contribution in [0.2, 0.25) is 0 Å². The van der Waals surface area contributed by atoms with Gasteiger partial charge in [-0.3, -0.25) is 4.68 Å². The fourth-order valence-corrected chi connectivity index (χ4v) is 1.89. The number of anilines is 1. The van der Waals surface area contributed by atoms with Crippen molar-refractivity contribution in [1.82, 2.24) is 9.78 Å². The van der Waals surface area contributed by atoms with Crippen molar-refractivity contribution in [2.75, 3.05) is 11.9 Å². The second-order valence-electron chi connectivity index (χ2n) is 4.27. The minimum Gasteiger partial charge on any atom is -0.389 e. The maximum Gasteiger partial charge on any atom is 0.135 e. The summed E-state index contributed by atoms with van der Waals surface area (Å²) in [4.78, 5) is 0.0658. The van der Waals surface area contributed by atoms with Crippen molar-refractivity contribution in [3.05, 3.63) is 47.5 Å². The van der Waals surface area contributed by atoms with E-state index in [9.17, 15) is 4.39 Å². The Balaban J connectivity index is 1.93. The molecule has 4 nitrogen and oxygen atoms in total. The van der Waals surface area contributed by atoms with Crippen molar-refractivity contribution in [2.24, 2.45) is 5.73 Å². The number of nitrogens with zero attached hydrogens (tertiary/aromatic N) is 2. The maximum absolute atomic E-state index is 13.6. The van der Waals surface area contributed by atoms with Gasteiger partial charge in [0.25, 0.3) is 0 Å². The molecule has 6 heteroatoms. The molecule has 2 aromatic rings. The second kappa shape index (κ2) is 5.79. The van der Waals surface area contributed by atoms with Crippen LogP contribution in [0.1, 0.15) is 11.1 Å². The molecule has 3 N–H and O–H groups in total. The van der Waals surface area contributed by atoms with Gasteiger partial charge >= 0.3 is 0 Å². The van der Waals surface area contributed by atoms with Crippen LogP contribution in [-0.2, 0) is 6.54 Å². The molecule has 100 valence electrons. The van der Waals surface area contributed by atoms with E-state index in [-0.39, 0.29) is 10.6 Å². The Bertz CT molecular complexity index is 594. The first-order chi connectivity index (χ1) is 9.06. The Labute approximate surface area is 116 Å². The standard InChI is InChI=1S/C13H15FN4S/c1-9-7-17-18(8-9)5-4-16-10-2-3-11(13(15)19)12(14)6-10/h2-3,6-8,16H,4-5H2,1H3,(H2,15,19). The van der Waals surface area contributed by atoms with Crippen LogP contribution in [0.4, 0.5) is 10.1 Å². The summed E-state index contributed by atoms with van der Waals surface area (Å²) in [6, 6.07) is 4.73. The molecule has 0 fully saturated rings. The molecule has 2 rings (SSSR count). The monoisotopic (exact) mass is 278 g/mol. The third-order valence-electron chi connectivity index (χ3n) is 2.67. The molecule has 0 bridgehead atoms. The predicted octanol–water partition coefficient (Wildman–Crippen LogP) is 2.08. The molecule has 1 heterocycles. The lowest BCUT2D eigenvalue weighted by molar-refractivity contribution is 0.623. The average molecular weight is 278 g/mol. The Morgan fingerprint density at radius 3 is 2.89 bits per heavy atom. The van der Waals surface area contributed by atoms with Crippen LogP contribution in [0.5, 0.6) is 0 Å². The SMILES string of the molecule is Cc1cnn(CCNc2ccc(C(N)=S)c(F)c2)c1. The van der Waals surface area contributed by atoms with Crippen LogP contribution in [-0.4, -0.2) is 21.3 Å². The number of hydrogen-bond acceptors (Lipinski definition) is 3. The van der Waals surface area contributed by atoms with Crippen LogP contribution in [0.3, 0.4) is 0 Å². The molecule has 1 aromatic heterocycles. The van der Waals surface area contributed by atoms with Crippen LogP contribution in [0.25, 0.3) is 0 Å². The Morgan fingerprint density at radius 2 is 2.32 bits per heavy atom. The number of aryl methyl sites for hydroxylation is 1. The van der Waals surface area contributed by atoms with Crippen molar-refractivity contribution in [3.8, 4) is 0 Å². The van der Waals surface area contributed by atoms with E-state index in [1.165, 1.54) is 6.07 Å². The number of rotatable bonds is 5. The Morgan fingerprint density at radius 1 is 1.53 bits per heavy atom. The van der Waals surface area contributed by atoms with E-state index in [0.29, 0.717) is 18.8 Å². The van der Waals surface area contributed by atoms with Crippen molar-refractivity contribution in [2.45, 2.75) is 13.5 Å². The molecule has 0 aliphatic rings. The van der Waals surface area contributed by atoms with Gasteiger partial charge in [0.2, 0.25) is 0 Å². The number of hydrogen-bond donors (Lipinski definition) is 2. The Hall–Kier alpha value is -1.95. The first-order valence-electron chi connectivity index (χ1n) is 5.88. The fourth-order valence-electron chi connectivity index (χ4n) is 1.73. The van der Waals surface area contributed by atoms with E-state index in [2.05, 4.69) is 10.4 Å². The van der Waals surface area contributed by atoms with Crippen molar-refractivity contribution >= 4 is 22.9 Å². The fraction of sp³-hybridized carbons (Fsp3) is 0.231. The minimum atomic E-state index is -0.410. The molecule has 0 spiro atoms. The normalized spacial score (nSPS) is 10.4.